The molecule has 10 nitrogen and oxygen atoms in total. The molecule has 31 heavy (non-hydrogen) atoms. The molecule has 2 unspecified atom stereocenters. The number of aliphatic hydroxyl groups is 2. The van der Waals surface area contributed by atoms with Crippen LogP contribution < -0.4 is 10.6 Å². The second kappa shape index (κ2) is 10.6. The van der Waals surface area contributed by atoms with Gasteiger partial charge in [-0.3, -0.25) is 10.2 Å². The summed E-state index contributed by atoms with van der Waals surface area (Å²) < 4.78 is 0. The summed E-state index contributed by atoms with van der Waals surface area (Å²) in [6.45, 7) is 0.229. The first-order valence-corrected chi connectivity index (χ1v) is 9.21. The third-order valence-electron chi connectivity index (χ3n) is 4.12. The van der Waals surface area contributed by atoms with Gasteiger partial charge < -0.3 is 20.4 Å². The first-order valence-electron chi connectivity index (χ1n) is 8.83. The predicted molar refractivity (Wildman–Crippen MR) is 110 cm³/mol. The lowest BCUT2D eigenvalue weighted by Gasteiger charge is -2.19. The van der Waals surface area contributed by atoms with Gasteiger partial charge >= 0.3 is 11.9 Å². The Bertz CT molecular complexity index is 1090. The first kappa shape index (κ1) is 24.0. The fourth-order valence-electron chi connectivity index (χ4n) is 2.61. The van der Waals surface area contributed by atoms with Gasteiger partial charge in [0, 0.05) is 22.9 Å². The fraction of sp³-hybridized carbons (Fsp3) is 0.200. The molecule has 0 aliphatic carbocycles. The zero-order valence-electron chi connectivity index (χ0n) is 16.3. The number of hydroxylamine groups is 2. The number of carboxylic acids is 2. The van der Waals surface area contributed by atoms with E-state index >= 15 is 0 Å². The van der Waals surface area contributed by atoms with Crippen molar-refractivity contribution in [3.05, 3.63) is 69.7 Å². The Morgan fingerprint density at radius 1 is 1.06 bits per heavy atom. The zero-order chi connectivity index (χ0) is 23.1. The average molecular weight is 450 g/mol. The molecule has 0 spiro atoms. The molecule has 0 fully saturated rings. The number of carbonyl (C=O) groups is 2. The average Bonchev–Trinajstić information content (AvgIpc) is 2.88. The smallest absolute Gasteiger partial charge is 0.335 e. The molecule has 164 valence electrons. The van der Waals surface area contributed by atoms with Gasteiger partial charge in [0.05, 0.1) is 11.1 Å². The largest absolute Gasteiger partial charge is 0.479 e. The number of benzene rings is 2. The van der Waals surface area contributed by atoms with Gasteiger partial charge in [0.25, 0.3) is 0 Å². The Morgan fingerprint density at radius 2 is 1.65 bits per heavy atom. The molecule has 1 aliphatic rings. The monoisotopic (exact) mass is 449 g/mol. The van der Waals surface area contributed by atoms with E-state index in [0.717, 1.165) is 16.1 Å². The molecule has 3 rings (SSSR count). The third-order valence-corrected chi connectivity index (χ3v) is 4.36. The van der Waals surface area contributed by atoms with E-state index in [9.17, 15) is 14.8 Å². The maximum Gasteiger partial charge on any atom is 0.335 e. The second-order valence-corrected chi connectivity index (χ2v) is 6.69. The molecule has 0 aromatic heterocycles. The fourth-order valence-corrected chi connectivity index (χ4v) is 2.79. The van der Waals surface area contributed by atoms with Gasteiger partial charge in [0.2, 0.25) is 0 Å². The van der Waals surface area contributed by atoms with Crippen LogP contribution in [0.2, 0.25) is 5.02 Å². The molecular weight excluding hydrogens is 430 g/mol. The predicted octanol–water partition coefficient (Wildman–Crippen LogP) is -0.273. The van der Waals surface area contributed by atoms with Crippen molar-refractivity contribution in [1.82, 2.24) is 5.06 Å². The standard InChI is InChI=1S/C16H14ClN3O.C4H6O6/c1-18-15-10-20(21)16(11-5-3-2-4-6-11)13-9-12(17)7-8-14(13)19-15;5-1(3(7)8)2(6)4(9)10/h2-9,21H,10H2,1H3;1-2,5-6H,(H,7,8)(H,9,10). The number of aliphatic hydroxyl groups excluding tert-OH is 2. The number of fused-ring (bicyclic) bond motifs is 1. The van der Waals surface area contributed by atoms with Gasteiger partial charge in [0.15, 0.2) is 12.2 Å². The highest BCUT2D eigenvalue weighted by atomic mass is 35.5. The van der Waals surface area contributed by atoms with Crippen LogP contribution in [-0.2, 0) is 9.59 Å². The number of nitrogens with zero attached hydrogens (tertiary/aromatic N) is 3. The van der Waals surface area contributed by atoms with Crippen molar-refractivity contribution in [2.45, 2.75) is 12.2 Å². The minimum absolute atomic E-state index is 0.229. The summed E-state index contributed by atoms with van der Waals surface area (Å²) in [5, 5.41) is 46.3. The molecule has 2 atom stereocenters. The highest BCUT2D eigenvalue weighted by Gasteiger charge is 2.29. The van der Waals surface area contributed by atoms with Crippen LogP contribution in [0.25, 0.3) is 5.70 Å². The second-order valence-electron chi connectivity index (χ2n) is 6.25. The number of hydrogen-bond acceptors (Lipinski definition) is 7. The summed E-state index contributed by atoms with van der Waals surface area (Å²) in [6.07, 6.45) is -4.53. The number of halogens is 1. The number of rotatable bonds is 4. The van der Waals surface area contributed by atoms with Gasteiger partial charge in [-0.05, 0) is 18.2 Å². The van der Waals surface area contributed by atoms with Crippen molar-refractivity contribution in [3.8, 4) is 0 Å². The number of amidine groups is 1. The van der Waals surface area contributed by atoms with Crippen molar-refractivity contribution < 1.29 is 35.2 Å². The molecule has 1 aliphatic heterocycles. The van der Waals surface area contributed by atoms with E-state index in [-0.39, 0.29) is 6.54 Å². The van der Waals surface area contributed by atoms with Crippen molar-refractivity contribution in [1.29, 1.82) is 0 Å². The quantitative estimate of drug-likeness (QED) is 0.425. The SMILES string of the molecule is CN=C1CN(O)C(c2ccccc2)=c2cc(Cl)ccc2=N1.O=C(O)C(O)C(O)C(=O)O. The molecule has 0 saturated carbocycles. The Balaban J connectivity index is 0.000000291. The Hall–Kier alpha value is -3.31. The summed E-state index contributed by atoms with van der Waals surface area (Å²) in [7, 11) is 1.66. The summed E-state index contributed by atoms with van der Waals surface area (Å²) in [6, 6.07) is 15.1. The van der Waals surface area contributed by atoms with Crippen molar-refractivity contribution in [3.63, 3.8) is 0 Å². The maximum absolute atomic E-state index is 10.5. The van der Waals surface area contributed by atoms with Crippen molar-refractivity contribution in [2.75, 3.05) is 13.6 Å². The lowest BCUT2D eigenvalue weighted by atomic mass is 10.1. The minimum atomic E-state index is -2.27. The van der Waals surface area contributed by atoms with E-state index in [1.54, 1.807) is 13.1 Å². The Morgan fingerprint density at radius 3 is 2.16 bits per heavy atom. The number of aliphatic carboxylic acids is 2. The molecule has 5 N–H and O–H groups in total. The van der Waals surface area contributed by atoms with Crippen molar-refractivity contribution >= 4 is 35.1 Å². The number of aliphatic imine (C=N–C) groups is 1. The topological polar surface area (TPSA) is 163 Å². The highest BCUT2D eigenvalue weighted by Crippen LogP contribution is 2.15. The van der Waals surface area contributed by atoms with Crippen molar-refractivity contribution in [2.24, 2.45) is 9.98 Å². The summed E-state index contributed by atoms with van der Waals surface area (Å²) in [5.74, 6) is -2.98. The van der Waals surface area contributed by atoms with Gasteiger partial charge in [-0.1, -0.05) is 41.9 Å². The molecule has 0 saturated heterocycles. The van der Waals surface area contributed by atoms with Crippen LogP contribution in [0.5, 0.6) is 0 Å². The van der Waals surface area contributed by atoms with E-state index in [0.29, 0.717) is 16.6 Å². The van der Waals surface area contributed by atoms with E-state index in [4.69, 9.17) is 32.0 Å². The first-order chi connectivity index (χ1) is 14.6. The zero-order valence-corrected chi connectivity index (χ0v) is 17.0. The molecule has 0 amide bonds. The van der Waals surface area contributed by atoms with E-state index in [1.807, 2.05) is 42.5 Å². The minimum Gasteiger partial charge on any atom is -0.479 e. The normalized spacial score (nSPS) is 16.2. The molecule has 2 aromatic rings. The van der Waals surface area contributed by atoms with E-state index < -0.39 is 24.1 Å². The Labute approximate surface area is 181 Å². The van der Waals surface area contributed by atoms with E-state index in [2.05, 4.69) is 9.98 Å². The van der Waals surface area contributed by atoms with Crippen LogP contribution in [0.1, 0.15) is 5.56 Å². The lowest BCUT2D eigenvalue weighted by molar-refractivity contribution is -0.165. The van der Waals surface area contributed by atoms with Crippen LogP contribution in [0, 0.1) is 0 Å². The molecule has 0 bridgehead atoms. The summed E-state index contributed by atoms with van der Waals surface area (Å²) in [4.78, 5) is 28.1. The van der Waals surface area contributed by atoms with Gasteiger partial charge in [-0.15, -0.1) is 0 Å². The third kappa shape index (κ3) is 6.09. The van der Waals surface area contributed by atoms with Crippen LogP contribution in [0.15, 0.2) is 58.5 Å². The van der Waals surface area contributed by atoms with Crippen LogP contribution in [0.4, 0.5) is 0 Å². The summed E-state index contributed by atoms with van der Waals surface area (Å²) in [5.41, 5.74) is 1.58. The number of carboxylic acid groups (broad SMARTS) is 2. The molecule has 11 heteroatoms. The van der Waals surface area contributed by atoms with Crippen LogP contribution in [-0.4, -0.2) is 74.3 Å². The molecule has 2 aromatic carbocycles. The summed E-state index contributed by atoms with van der Waals surface area (Å²) >= 11 is 6.12. The maximum atomic E-state index is 10.5. The van der Waals surface area contributed by atoms with E-state index in [1.165, 1.54) is 5.06 Å². The van der Waals surface area contributed by atoms with Crippen LogP contribution >= 0.6 is 11.6 Å². The molecule has 1 heterocycles. The molecular formula is C20H20ClN3O7. The molecule has 0 radical (unpaired) electrons. The van der Waals surface area contributed by atoms with Gasteiger partial charge in [0.1, 0.15) is 12.4 Å². The Kier molecular flexibility index (Phi) is 8.22. The lowest BCUT2D eigenvalue weighted by Crippen LogP contribution is -2.39. The van der Waals surface area contributed by atoms with Gasteiger partial charge in [-0.2, -0.15) is 0 Å². The number of hydrogen-bond donors (Lipinski definition) is 5. The van der Waals surface area contributed by atoms with Crippen LogP contribution in [0.3, 0.4) is 0 Å². The van der Waals surface area contributed by atoms with Gasteiger partial charge in [-0.25, -0.2) is 19.6 Å². The highest BCUT2D eigenvalue weighted by molar-refractivity contribution is 6.30.